The average molecular weight is 578 g/mol. The lowest BCUT2D eigenvalue weighted by Gasteiger charge is -2.21. The Morgan fingerprint density at radius 2 is 1.29 bits per heavy atom. The summed E-state index contributed by atoms with van der Waals surface area (Å²) in [6.45, 7) is 4.61. The first-order valence-electron chi connectivity index (χ1n) is 15.4. The van der Waals surface area contributed by atoms with Crippen molar-refractivity contribution >= 4 is 54.6 Å². The van der Waals surface area contributed by atoms with E-state index >= 15 is 0 Å². The molecule has 10 rings (SSSR count). The number of fused-ring (bicyclic) bond motifs is 10. The zero-order valence-electron chi connectivity index (χ0n) is 24.9. The van der Waals surface area contributed by atoms with Gasteiger partial charge in [0.2, 0.25) is 0 Å². The summed E-state index contributed by atoms with van der Waals surface area (Å²) in [6.07, 6.45) is 0. The Morgan fingerprint density at radius 3 is 2.18 bits per heavy atom. The maximum absolute atomic E-state index is 6.59. The fourth-order valence-corrected chi connectivity index (χ4v) is 7.60. The van der Waals surface area contributed by atoms with Crippen LogP contribution in [0, 0.1) is 0 Å². The van der Waals surface area contributed by atoms with Crippen LogP contribution in [0.15, 0.2) is 132 Å². The van der Waals surface area contributed by atoms with Gasteiger partial charge in [0.1, 0.15) is 11.1 Å². The zero-order valence-corrected chi connectivity index (χ0v) is 24.9. The standard InChI is InChI=1S/C41H27N3O/c1-41(2)32-16-8-5-13-27(32)30-22-26(19-20-33(30)41)39-42-37-29-15-7-10-18-36(29)45-38(37)40(43-39)44-34-17-9-6-14-28(34)31-21-24-11-3-4-12-25(24)23-35(31)44/h3-23H,1-2H3. The first-order chi connectivity index (χ1) is 22.1. The van der Waals surface area contributed by atoms with Crippen molar-refractivity contribution in [3.8, 4) is 28.3 Å². The lowest BCUT2D eigenvalue weighted by atomic mass is 9.82. The highest BCUT2D eigenvalue weighted by atomic mass is 16.3. The van der Waals surface area contributed by atoms with Gasteiger partial charge in [-0.3, -0.25) is 4.57 Å². The van der Waals surface area contributed by atoms with E-state index in [2.05, 4.69) is 128 Å². The molecule has 0 radical (unpaired) electrons. The molecule has 0 bridgehead atoms. The molecule has 0 aliphatic heterocycles. The van der Waals surface area contributed by atoms with Crippen LogP contribution in [0.2, 0.25) is 0 Å². The number of benzene rings is 6. The Morgan fingerprint density at radius 1 is 0.578 bits per heavy atom. The van der Waals surface area contributed by atoms with Gasteiger partial charge < -0.3 is 4.42 Å². The van der Waals surface area contributed by atoms with Gasteiger partial charge in [-0.05, 0) is 69.4 Å². The van der Waals surface area contributed by atoms with Crippen molar-refractivity contribution in [3.63, 3.8) is 0 Å². The first kappa shape index (κ1) is 24.7. The van der Waals surface area contributed by atoms with Gasteiger partial charge in [0.05, 0.1) is 11.0 Å². The minimum atomic E-state index is -0.0626. The number of para-hydroxylation sites is 2. The summed E-state index contributed by atoms with van der Waals surface area (Å²) in [5, 5.41) is 5.75. The van der Waals surface area contributed by atoms with Gasteiger partial charge in [-0.25, -0.2) is 9.97 Å². The highest BCUT2D eigenvalue weighted by Gasteiger charge is 2.35. The molecule has 4 nitrogen and oxygen atoms in total. The molecule has 0 saturated carbocycles. The van der Waals surface area contributed by atoms with E-state index in [4.69, 9.17) is 14.4 Å². The quantitative estimate of drug-likeness (QED) is 0.205. The fourth-order valence-electron chi connectivity index (χ4n) is 7.60. The number of furan rings is 1. The normalized spacial score (nSPS) is 13.7. The van der Waals surface area contributed by atoms with E-state index in [1.54, 1.807) is 0 Å². The summed E-state index contributed by atoms with van der Waals surface area (Å²) in [5.74, 6) is 1.43. The van der Waals surface area contributed by atoms with E-state index in [0.717, 1.165) is 38.9 Å². The third-order valence-corrected chi connectivity index (χ3v) is 9.80. The van der Waals surface area contributed by atoms with Crippen LogP contribution in [0.1, 0.15) is 25.0 Å². The zero-order chi connectivity index (χ0) is 29.9. The molecule has 0 amide bonds. The van der Waals surface area contributed by atoms with Gasteiger partial charge in [-0.1, -0.05) is 105 Å². The molecule has 0 unspecified atom stereocenters. The van der Waals surface area contributed by atoms with Crippen LogP contribution in [0.5, 0.6) is 0 Å². The van der Waals surface area contributed by atoms with Crippen LogP contribution >= 0.6 is 0 Å². The molecule has 0 N–H and O–H groups in total. The molecule has 9 aromatic rings. The summed E-state index contributed by atoms with van der Waals surface area (Å²) in [4.78, 5) is 10.6. The second-order valence-corrected chi connectivity index (χ2v) is 12.6. The molecule has 3 aromatic heterocycles. The maximum Gasteiger partial charge on any atom is 0.197 e. The summed E-state index contributed by atoms with van der Waals surface area (Å²) < 4.78 is 8.85. The van der Waals surface area contributed by atoms with Gasteiger partial charge in [-0.15, -0.1) is 0 Å². The second kappa shape index (κ2) is 8.67. The SMILES string of the molecule is CC1(C)c2ccccc2-c2cc(-c3nc(-n4c5ccccc5c5cc6ccccc6cc54)c4oc5ccccc5c4n3)ccc21. The van der Waals surface area contributed by atoms with E-state index in [1.165, 1.54) is 43.8 Å². The predicted molar refractivity (Wildman–Crippen MR) is 184 cm³/mol. The van der Waals surface area contributed by atoms with Gasteiger partial charge in [0.25, 0.3) is 0 Å². The van der Waals surface area contributed by atoms with E-state index in [-0.39, 0.29) is 5.41 Å². The summed E-state index contributed by atoms with van der Waals surface area (Å²) in [6, 6.07) is 45.3. The number of aromatic nitrogens is 3. The van der Waals surface area contributed by atoms with Crippen LogP contribution in [0.25, 0.3) is 83.0 Å². The average Bonchev–Trinajstić information content (AvgIpc) is 3.69. The fraction of sp³-hybridized carbons (Fsp3) is 0.0732. The highest BCUT2D eigenvalue weighted by molar-refractivity contribution is 6.15. The van der Waals surface area contributed by atoms with Crippen molar-refractivity contribution in [2.45, 2.75) is 19.3 Å². The van der Waals surface area contributed by atoms with Gasteiger partial charge >= 0.3 is 0 Å². The van der Waals surface area contributed by atoms with Crippen molar-refractivity contribution in [3.05, 3.63) is 139 Å². The van der Waals surface area contributed by atoms with E-state index in [1.807, 2.05) is 18.2 Å². The monoisotopic (exact) mass is 577 g/mol. The smallest absolute Gasteiger partial charge is 0.197 e. The lowest BCUT2D eigenvalue weighted by Crippen LogP contribution is -2.14. The largest absolute Gasteiger partial charge is 0.450 e. The van der Waals surface area contributed by atoms with Crippen molar-refractivity contribution in [2.24, 2.45) is 0 Å². The molecular formula is C41H27N3O. The Hall–Kier alpha value is -5.74. The number of nitrogens with zero attached hydrogens (tertiary/aromatic N) is 3. The topological polar surface area (TPSA) is 43.9 Å². The Balaban J connectivity index is 1.32. The maximum atomic E-state index is 6.59. The minimum absolute atomic E-state index is 0.0626. The molecule has 0 fully saturated rings. The summed E-state index contributed by atoms with van der Waals surface area (Å²) in [5.41, 5.74) is 10.6. The van der Waals surface area contributed by atoms with Crippen molar-refractivity contribution in [1.29, 1.82) is 0 Å². The summed E-state index contributed by atoms with van der Waals surface area (Å²) in [7, 11) is 0. The molecule has 6 aromatic carbocycles. The van der Waals surface area contributed by atoms with Crippen LogP contribution in [0.3, 0.4) is 0 Å². The molecule has 3 heterocycles. The third-order valence-electron chi connectivity index (χ3n) is 9.80. The molecule has 0 atom stereocenters. The second-order valence-electron chi connectivity index (χ2n) is 12.6. The molecule has 212 valence electrons. The molecule has 0 saturated heterocycles. The van der Waals surface area contributed by atoms with E-state index in [0.29, 0.717) is 11.4 Å². The number of rotatable bonds is 2. The lowest BCUT2D eigenvalue weighted by molar-refractivity contribution is 0.660. The Kier molecular flexibility index (Phi) is 4.76. The molecule has 1 aliphatic rings. The third kappa shape index (κ3) is 3.31. The van der Waals surface area contributed by atoms with Gasteiger partial charge in [0.15, 0.2) is 17.2 Å². The highest BCUT2D eigenvalue weighted by Crippen LogP contribution is 2.49. The number of hydrogen-bond donors (Lipinski definition) is 0. The molecule has 4 heteroatoms. The van der Waals surface area contributed by atoms with Crippen LogP contribution in [0.4, 0.5) is 0 Å². The van der Waals surface area contributed by atoms with Crippen LogP contribution in [-0.2, 0) is 5.41 Å². The van der Waals surface area contributed by atoms with E-state index in [9.17, 15) is 0 Å². The van der Waals surface area contributed by atoms with Crippen LogP contribution in [-0.4, -0.2) is 14.5 Å². The molecular weight excluding hydrogens is 550 g/mol. The first-order valence-corrected chi connectivity index (χ1v) is 15.4. The molecule has 1 aliphatic carbocycles. The summed E-state index contributed by atoms with van der Waals surface area (Å²) >= 11 is 0. The van der Waals surface area contributed by atoms with E-state index < -0.39 is 0 Å². The minimum Gasteiger partial charge on any atom is -0.450 e. The van der Waals surface area contributed by atoms with Gasteiger partial charge in [0, 0.05) is 27.1 Å². The Bertz CT molecular complexity index is 2690. The van der Waals surface area contributed by atoms with Crippen molar-refractivity contribution in [1.82, 2.24) is 14.5 Å². The molecule has 45 heavy (non-hydrogen) atoms. The van der Waals surface area contributed by atoms with Crippen LogP contribution < -0.4 is 0 Å². The van der Waals surface area contributed by atoms with Crippen molar-refractivity contribution < 1.29 is 4.42 Å². The predicted octanol–water partition coefficient (Wildman–Crippen LogP) is 10.6. The van der Waals surface area contributed by atoms with Gasteiger partial charge in [-0.2, -0.15) is 0 Å². The number of hydrogen-bond acceptors (Lipinski definition) is 3. The van der Waals surface area contributed by atoms with Crippen molar-refractivity contribution in [2.75, 3.05) is 0 Å². The Labute approximate surface area is 259 Å². The molecule has 0 spiro atoms.